The normalized spacial score (nSPS) is 13.9. The maximum Gasteiger partial charge on any atom is 0.254 e. The molecule has 0 spiro atoms. The molecule has 4 rings (SSSR count). The molecule has 1 aliphatic rings. The first kappa shape index (κ1) is 24.4. The van der Waals surface area contributed by atoms with Crippen molar-refractivity contribution in [3.05, 3.63) is 111 Å². The number of anilines is 2. The molecular weight excluding hydrogens is 485 g/mol. The predicted octanol–water partition coefficient (Wildman–Crippen LogP) is 6.21. The third kappa shape index (κ3) is 5.04. The van der Waals surface area contributed by atoms with Crippen molar-refractivity contribution >= 4 is 46.4 Å². The van der Waals surface area contributed by atoms with Gasteiger partial charge in [-0.3, -0.25) is 9.59 Å². The number of carbonyl (C=O) groups is 2. The first-order valence-electron chi connectivity index (χ1n) is 10.9. The Hall–Kier alpha value is -3.74. The standard InChI is InChI=1S/C27H23Cl2N3O3/c1-15-23(26(34)31-20-12-6-4-10-18(20)28)25(17-9-3-8-14-22(17)33)24(16(2)30-15)27(35)32-21-13-7-5-11-19(21)29/h3-14,25,30,33H,1-2H3,(H,31,34)(H,32,35). The Bertz CT molecular complexity index is 1300. The van der Waals surface area contributed by atoms with Crippen LogP contribution in [0.2, 0.25) is 10.0 Å². The Morgan fingerprint density at radius 1 is 0.743 bits per heavy atom. The molecule has 0 unspecified atom stereocenters. The van der Waals surface area contributed by atoms with Crippen LogP contribution in [0.1, 0.15) is 25.3 Å². The van der Waals surface area contributed by atoms with Gasteiger partial charge in [0, 0.05) is 28.1 Å². The van der Waals surface area contributed by atoms with E-state index in [1.807, 2.05) is 0 Å². The summed E-state index contributed by atoms with van der Waals surface area (Å²) < 4.78 is 0. The minimum Gasteiger partial charge on any atom is -0.508 e. The third-order valence-electron chi connectivity index (χ3n) is 5.74. The van der Waals surface area contributed by atoms with Gasteiger partial charge in [-0.2, -0.15) is 0 Å². The van der Waals surface area contributed by atoms with Gasteiger partial charge in [-0.25, -0.2) is 0 Å². The number of dihydropyridines is 1. The van der Waals surface area contributed by atoms with E-state index >= 15 is 0 Å². The second-order valence-electron chi connectivity index (χ2n) is 8.06. The number of aromatic hydroxyl groups is 1. The first-order valence-corrected chi connectivity index (χ1v) is 11.6. The fourth-order valence-electron chi connectivity index (χ4n) is 4.14. The van der Waals surface area contributed by atoms with Gasteiger partial charge in [0.15, 0.2) is 0 Å². The molecule has 6 nitrogen and oxygen atoms in total. The maximum absolute atomic E-state index is 13.6. The second kappa shape index (κ2) is 10.3. The molecule has 0 radical (unpaired) electrons. The van der Waals surface area contributed by atoms with Gasteiger partial charge in [-0.05, 0) is 44.2 Å². The van der Waals surface area contributed by atoms with Gasteiger partial charge in [0.05, 0.1) is 27.3 Å². The highest BCUT2D eigenvalue weighted by Crippen LogP contribution is 2.42. The molecule has 0 aromatic heterocycles. The zero-order valence-electron chi connectivity index (χ0n) is 19.0. The lowest BCUT2D eigenvalue weighted by atomic mass is 9.79. The number of allylic oxidation sites excluding steroid dienone is 2. The van der Waals surface area contributed by atoms with Crippen molar-refractivity contribution in [3.63, 3.8) is 0 Å². The Labute approximate surface area is 213 Å². The van der Waals surface area contributed by atoms with E-state index in [1.165, 1.54) is 6.07 Å². The fourth-order valence-corrected chi connectivity index (χ4v) is 4.51. The van der Waals surface area contributed by atoms with Gasteiger partial charge >= 0.3 is 0 Å². The molecule has 4 N–H and O–H groups in total. The smallest absolute Gasteiger partial charge is 0.254 e. The van der Waals surface area contributed by atoms with Crippen LogP contribution in [0.15, 0.2) is 95.3 Å². The number of amides is 2. The summed E-state index contributed by atoms with van der Waals surface area (Å²) in [5.41, 5.74) is 2.95. The van der Waals surface area contributed by atoms with Crippen molar-refractivity contribution < 1.29 is 14.7 Å². The van der Waals surface area contributed by atoms with Gasteiger partial charge in [0.1, 0.15) is 5.75 Å². The molecule has 8 heteroatoms. The monoisotopic (exact) mass is 507 g/mol. The van der Waals surface area contributed by atoms with Crippen LogP contribution >= 0.6 is 23.2 Å². The fraction of sp³-hybridized carbons (Fsp3) is 0.111. The van der Waals surface area contributed by atoms with E-state index in [9.17, 15) is 14.7 Å². The quantitative estimate of drug-likeness (QED) is 0.330. The predicted molar refractivity (Wildman–Crippen MR) is 140 cm³/mol. The first-order chi connectivity index (χ1) is 16.8. The number of benzene rings is 3. The molecule has 0 saturated heterocycles. The van der Waals surface area contributed by atoms with E-state index in [-0.39, 0.29) is 16.9 Å². The van der Waals surface area contributed by atoms with Gasteiger partial charge < -0.3 is 21.1 Å². The van der Waals surface area contributed by atoms with Crippen LogP contribution in [0.4, 0.5) is 11.4 Å². The maximum atomic E-state index is 13.6. The number of phenols is 1. The number of rotatable bonds is 5. The molecule has 178 valence electrons. The summed E-state index contributed by atoms with van der Waals surface area (Å²) in [5.74, 6) is -1.80. The highest BCUT2D eigenvalue weighted by Gasteiger charge is 2.38. The van der Waals surface area contributed by atoms with Crippen molar-refractivity contribution in [1.29, 1.82) is 0 Å². The Morgan fingerprint density at radius 3 is 1.63 bits per heavy atom. The highest BCUT2D eigenvalue weighted by atomic mass is 35.5. The SMILES string of the molecule is CC1=C(C(=O)Nc2ccccc2Cl)C(c2ccccc2O)C(C(=O)Nc2ccccc2Cl)=C(C)N1. The largest absolute Gasteiger partial charge is 0.508 e. The van der Waals surface area contributed by atoms with Crippen LogP contribution in [0.3, 0.4) is 0 Å². The van der Waals surface area contributed by atoms with E-state index in [1.54, 1.807) is 80.6 Å². The summed E-state index contributed by atoms with van der Waals surface area (Å²) in [4.78, 5) is 27.2. The van der Waals surface area contributed by atoms with Crippen molar-refractivity contribution in [2.45, 2.75) is 19.8 Å². The van der Waals surface area contributed by atoms with Crippen molar-refractivity contribution in [1.82, 2.24) is 5.32 Å². The molecule has 0 fully saturated rings. The Kier molecular flexibility index (Phi) is 7.15. The number of halogens is 2. The highest BCUT2D eigenvalue weighted by molar-refractivity contribution is 6.34. The topological polar surface area (TPSA) is 90.5 Å². The molecule has 3 aromatic carbocycles. The van der Waals surface area contributed by atoms with Gasteiger partial charge in [0.2, 0.25) is 0 Å². The van der Waals surface area contributed by atoms with E-state index in [4.69, 9.17) is 23.2 Å². The van der Waals surface area contributed by atoms with E-state index in [0.29, 0.717) is 38.4 Å². The van der Waals surface area contributed by atoms with Crippen molar-refractivity contribution in [2.75, 3.05) is 10.6 Å². The molecule has 0 atom stereocenters. The van der Waals surface area contributed by atoms with Gasteiger partial charge in [-0.1, -0.05) is 65.7 Å². The summed E-state index contributed by atoms with van der Waals surface area (Å²) in [6.45, 7) is 3.50. The van der Waals surface area contributed by atoms with Crippen molar-refractivity contribution in [3.8, 4) is 5.75 Å². The Balaban J connectivity index is 1.80. The van der Waals surface area contributed by atoms with Crippen molar-refractivity contribution in [2.24, 2.45) is 0 Å². The second-order valence-corrected chi connectivity index (χ2v) is 8.88. The average molecular weight is 508 g/mol. The lowest BCUT2D eigenvalue weighted by molar-refractivity contribution is -0.113. The minimum atomic E-state index is -0.859. The van der Waals surface area contributed by atoms with Crippen LogP contribution in [0, 0.1) is 0 Å². The zero-order chi connectivity index (χ0) is 25.1. The number of para-hydroxylation sites is 3. The lowest BCUT2D eigenvalue weighted by Gasteiger charge is -2.32. The summed E-state index contributed by atoms with van der Waals surface area (Å²) in [5, 5.41) is 20.3. The number of hydrogen-bond acceptors (Lipinski definition) is 4. The van der Waals surface area contributed by atoms with Gasteiger partial charge in [-0.15, -0.1) is 0 Å². The molecule has 2 amide bonds. The molecule has 0 saturated carbocycles. The van der Waals surface area contributed by atoms with E-state index < -0.39 is 17.7 Å². The molecule has 1 heterocycles. The summed E-state index contributed by atoms with van der Waals surface area (Å²) in [6, 6.07) is 20.4. The van der Waals surface area contributed by atoms with Crippen LogP contribution < -0.4 is 16.0 Å². The molecule has 35 heavy (non-hydrogen) atoms. The van der Waals surface area contributed by atoms with Crippen LogP contribution in [-0.2, 0) is 9.59 Å². The summed E-state index contributed by atoms with van der Waals surface area (Å²) >= 11 is 12.5. The molecule has 0 aliphatic carbocycles. The van der Waals surface area contributed by atoms with Crippen LogP contribution in [0.25, 0.3) is 0 Å². The average Bonchev–Trinajstić information content (AvgIpc) is 2.81. The third-order valence-corrected chi connectivity index (χ3v) is 6.40. The number of phenolic OH excluding ortho intramolecular Hbond substituents is 1. The Morgan fingerprint density at radius 2 is 1.17 bits per heavy atom. The van der Waals surface area contributed by atoms with E-state index in [0.717, 1.165) is 0 Å². The van der Waals surface area contributed by atoms with Crippen LogP contribution in [0.5, 0.6) is 5.75 Å². The molecule has 1 aliphatic heterocycles. The number of hydrogen-bond donors (Lipinski definition) is 4. The number of carbonyl (C=O) groups excluding carboxylic acids is 2. The summed E-state index contributed by atoms with van der Waals surface area (Å²) in [6.07, 6.45) is 0. The van der Waals surface area contributed by atoms with E-state index in [2.05, 4.69) is 16.0 Å². The molecule has 3 aromatic rings. The lowest BCUT2D eigenvalue weighted by Crippen LogP contribution is -2.35. The van der Waals surface area contributed by atoms with Gasteiger partial charge in [0.25, 0.3) is 11.8 Å². The minimum absolute atomic E-state index is 0.0360. The molecule has 0 bridgehead atoms. The number of nitrogens with one attached hydrogen (secondary N) is 3. The molecular formula is C27H23Cl2N3O3. The zero-order valence-corrected chi connectivity index (χ0v) is 20.5. The van der Waals surface area contributed by atoms with Crippen LogP contribution in [-0.4, -0.2) is 16.9 Å². The summed E-state index contributed by atoms with van der Waals surface area (Å²) in [7, 11) is 0.